The molecule has 0 aliphatic carbocycles. The van der Waals surface area contributed by atoms with E-state index in [1.54, 1.807) is 12.2 Å². The average molecular weight is 322 g/mol. The fourth-order valence-corrected chi connectivity index (χ4v) is 2.46. The van der Waals surface area contributed by atoms with Crippen molar-refractivity contribution >= 4 is 23.9 Å². The van der Waals surface area contributed by atoms with Crippen LogP contribution in [0.1, 0.15) is 18.9 Å². The molecule has 1 aromatic rings. The molecule has 1 atom stereocenters. The minimum atomic E-state index is -1.38. The van der Waals surface area contributed by atoms with Crippen molar-refractivity contribution in [2.45, 2.75) is 18.9 Å². The molecule has 23 heavy (non-hydrogen) atoms. The highest BCUT2D eigenvalue weighted by molar-refractivity contribution is 6.10. The minimum absolute atomic E-state index is 0.206. The first kappa shape index (κ1) is 16.4. The number of urea groups is 2. The van der Waals surface area contributed by atoms with Crippen LogP contribution in [0.4, 0.5) is 14.0 Å². The highest BCUT2D eigenvalue weighted by Crippen LogP contribution is 2.32. The fraction of sp³-hybridized carbons (Fsp3) is 0.286. The van der Waals surface area contributed by atoms with Crippen molar-refractivity contribution in [3.05, 3.63) is 35.6 Å². The van der Waals surface area contributed by atoms with Gasteiger partial charge in [0.15, 0.2) is 0 Å². The molecule has 1 saturated heterocycles. The fourth-order valence-electron chi connectivity index (χ4n) is 2.46. The van der Waals surface area contributed by atoms with Gasteiger partial charge in [0, 0.05) is 0 Å². The van der Waals surface area contributed by atoms with E-state index in [4.69, 9.17) is 5.73 Å². The predicted octanol–water partition coefficient (Wildman–Crippen LogP) is 0.178. The maximum absolute atomic E-state index is 13.1. The number of nitrogens with one attached hydrogen (secondary N) is 2. The van der Waals surface area contributed by atoms with Gasteiger partial charge in [-0.25, -0.2) is 14.0 Å². The molecule has 1 heterocycles. The molecule has 1 aromatic carbocycles. The van der Waals surface area contributed by atoms with Crippen molar-refractivity contribution in [1.29, 1.82) is 0 Å². The summed E-state index contributed by atoms with van der Waals surface area (Å²) in [4.78, 5) is 47.5. The SMILES string of the molecule is CCC1(c2ccc(F)cc2)NC(=O)N(CC(=O)NC(N)=O)C1=O. The molecule has 1 fully saturated rings. The molecule has 1 unspecified atom stereocenters. The van der Waals surface area contributed by atoms with Crippen molar-refractivity contribution in [2.24, 2.45) is 5.73 Å². The zero-order chi connectivity index (χ0) is 17.2. The van der Waals surface area contributed by atoms with E-state index in [0.29, 0.717) is 10.5 Å². The molecule has 0 spiro atoms. The number of hydrogen-bond acceptors (Lipinski definition) is 4. The molecule has 1 aliphatic heterocycles. The van der Waals surface area contributed by atoms with Crippen LogP contribution in [0.3, 0.4) is 0 Å². The number of carbonyl (C=O) groups is 4. The second kappa shape index (κ2) is 6.03. The highest BCUT2D eigenvalue weighted by atomic mass is 19.1. The topological polar surface area (TPSA) is 122 Å². The Labute approximate surface area is 130 Å². The van der Waals surface area contributed by atoms with Gasteiger partial charge in [0.25, 0.3) is 5.91 Å². The second-order valence-electron chi connectivity index (χ2n) is 5.00. The van der Waals surface area contributed by atoms with Crippen molar-refractivity contribution in [3.8, 4) is 0 Å². The van der Waals surface area contributed by atoms with Gasteiger partial charge in [0.2, 0.25) is 5.91 Å². The van der Waals surface area contributed by atoms with E-state index in [1.165, 1.54) is 24.3 Å². The molecule has 122 valence electrons. The van der Waals surface area contributed by atoms with Crippen LogP contribution in [0.15, 0.2) is 24.3 Å². The molecule has 0 radical (unpaired) electrons. The summed E-state index contributed by atoms with van der Waals surface area (Å²) in [7, 11) is 0. The van der Waals surface area contributed by atoms with Gasteiger partial charge < -0.3 is 11.1 Å². The van der Waals surface area contributed by atoms with Crippen LogP contribution < -0.4 is 16.4 Å². The van der Waals surface area contributed by atoms with Gasteiger partial charge in [-0.3, -0.25) is 19.8 Å². The molecule has 2 rings (SSSR count). The average Bonchev–Trinajstić information content (AvgIpc) is 2.72. The Kier molecular flexibility index (Phi) is 4.30. The number of primary amides is 1. The molecular formula is C14H15FN4O4. The summed E-state index contributed by atoms with van der Waals surface area (Å²) in [6.45, 7) is 1.03. The summed E-state index contributed by atoms with van der Waals surface area (Å²) >= 11 is 0. The molecule has 0 saturated carbocycles. The maximum atomic E-state index is 13.1. The predicted molar refractivity (Wildman–Crippen MR) is 76.3 cm³/mol. The first-order valence-corrected chi connectivity index (χ1v) is 6.79. The van der Waals surface area contributed by atoms with E-state index in [1.807, 2.05) is 0 Å². The molecule has 0 aromatic heterocycles. The van der Waals surface area contributed by atoms with Crippen LogP contribution in [0.25, 0.3) is 0 Å². The smallest absolute Gasteiger partial charge is 0.325 e. The van der Waals surface area contributed by atoms with Crippen molar-refractivity contribution in [2.75, 3.05) is 6.54 Å². The number of imide groups is 2. The van der Waals surface area contributed by atoms with Gasteiger partial charge in [0.1, 0.15) is 17.9 Å². The number of rotatable bonds is 4. The van der Waals surface area contributed by atoms with Crippen molar-refractivity contribution < 1.29 is 23.6 Å². The molecule has 6 amide bonds. The Morgan fingerprint density at radius 2 is 1.91 bits per heavy atom. The van der Waals surface area contributed by atoms with Crippen molar-refractivity contribution in [1.82, 2.24) is 15.5 Å². The Morgan fingerprint density at radius 3 is 2.43 bits per heavy atom. The Morgan fingerprint density at radius 1 is 1.30 bits per heavy atom. The number of amides is 6. The Bertz CT molecular complexity index is 676. The molecule has 1 aliphatic rings. The summed E-state index contributed by atoms with van der Waals surface area (Å²) in [6.07, 6.45) is 0.206. The third kappa shape index (κ3) is 2.98. The summed E-state index contributed by atoms with van der Waals surface area (Å²) in [5.41, 5.74) is 3.83. The summed E-state index contributed by atoms with van der Waals surface area (Å²) in [5.74, 6) is -2.02. The third-order valence-corrected chi connectivity index (χ3v) is 3.61. The number of halogens is 1. The number of carbonyl (C=O) groups excluding carboxylic acids is 4. The third-order valence-electron chi connectivity index (χ3n) is 3.61. The molecule has 8 nitrogen and oxygen atoms in total. The van der Waals surface area contributed by atoms with Gasteiger partial charge in [-0.2, -0.15) is 0 Å². The zero-order valence-corrected chi connectivity index (χ0v) is 12.3. The van der Waals surface area contributed by atoms with E-state index >= 15 is 0 Å². The highest BCUT2D eigenvalue weighted by Gasteiger charge is 2.51. The lowest BCUT2D eigenvalue weighted by atomic mass is 9.87. The second-order valence-corrected chi connectivity index (χ2v) is 5.00. The standard InChI is InChI=1S/C14H15FN4O4/c1-2-14(8-3-5-9(15)6-4-8)11(21)19(13(23)18-14)7-10(20)17-12(16)22/h3-6H,2,7H2,1H3,(H,18,23)(H3,16,17,20,22). The molecular weight excluding hydrogens is 307 g/mol. The monoisotopic (exact) mass is 322 g/mol. The van der Waals surface area contributed by atoms with Crippen LogP contribution >= 0.6 is 0 Å². The van der Waals surface area contributed by atoms with Gasteiger partial charge in [0.05, 0.1) is 0 Å². The first-order chi connectivity index (χ1) is 10.8. The van der Waals surface area contributed by atoms with Crippen LogP contribution in [0.5, 0.6) is 0 Å². The van der Waals surface area contributed by atoms with Crippen LogP contribution in [-0.4, -0.2) is 35.3 Å². The number of nitrogens with two attached hydrogens (primary N) is 1. The number of hydrogen-bond donors (Lipinski definition) is 3. The van der Waals surface area contributed by atoms with Gasteiger partial charge in [-0.1, -0.05) is 19.1 Å². The van der Waals surface area contributed by atoms with E-state index in [0.717, 1.165) is 0 Å². The van der Waals surface area contributed by atoms with Crippen LogP contribution in [-0.2, 0) is 15.1 Å². The normalized spacial score (nSPS) is 20.3. The van der Waals surface area contributed by atoms with Crippen LogP contribution in [0, 0.1) is 5.82 Å². The molecule has 0 bridgehead atoms. The van der Waals surface area contributed by atoms with Gasteiger partial charge in [-0.05, 0) is 24.1 Å². The van der Waals surface area contributed by atoms with Gasteiger partial charge >= 0.3 is 12.1 Å². The Balaban J connectivity index is 2.29. The quantitative estimate of drug-likeness (QED) is 0.684. The van der Waals surface area contributed by atoms with E-state index < -0.39 is 41.8 Å². The Hall–Kier alpha value is -2.97. The zero-order valence-electron chi connectivity index (χ0n) is 12.3. The maximum Gasteiger partial charge on any atom is 0.325 e. The lowest BCUT2D eigenvalue weighted by Crippen LogP contribution is -2.46. The van der Waals surface area contributed by atoms with E-state index in [9.17, 15) is 23.6 Å². The van der Waals surface area contributed by atoms with E-state index in [-0.39, 0.29) is 6.42 Å². The molecule has 9 heteroatoms. The lowest BCUT2D eigenvalue weighted by Gasteiger charge is -2.25. The van der Waals surface area contributed by atoms with E-state index in [2.05, 4.69) is 5.32 Å². The summed E-state index contributed by atoms with van der Waals surface area (Å²) in [6, 6.07) is 3.28. The van der Waals surface area contributed by atoms with Crippen molar-refractivity contribution in [3.63, 3.8) is 0 Å². The summed E-state index contributed by atoms with van der Waals surface area (Å²) < 4.78 is 13.1. The first-order valence-electron chi connectivity index (χ1n) is 6.79. The molecule has 4 N–H and O–H groups in total. The number of nitrogens with zero attached hydrogens (tertiary/aromatic N) is 1. The summed E-state index contributed by atoms with van der Waals surface area (Å²) in [5, 5.41) is 4.31. The minimum Gasteiger partial charge on any atom is -0.351 e. The van der Waals surface area contributed by atoms with Crippen LogP contribution in [0.2, 0.25) is 0 Å². The number of benzene rings is 1. The van der Waals surface area contributed by atoms with Gasteiger partial charge in [-0.15, -0.1) is 0 Å². The lowest BCUT2D eigenvalue weighted by molar-refractivity contribution is -0.135. The largest absolute Gasteiger partial charge is 0.351 e.